The molecule has 0 amide bonds. The van der Waals surface area contributed by atoms with E-state index < -0.39 is 0 Å². The van der Waals surface area contributed by atoms with Crippen molar-refractivity contribution in [3.63, 3.8) is 0 Å². The molecule has 0 radical (unpaired) electrons. The van der Waals surface area contributed by atoms with Crippen molar-refractivity contribution in [2.75, 3.05) is 6.61 Å². The van der Waals surface area contributed by atoms with Crippen LogP contribution < -0.4 is 0 Å². The number of hydrogen-bond acceptors (Lipinski definition) is 3. The zero-order valence-corrected chi connectivity index (χ0v) is 3.05. The van der Waals surface area contributed by atoms with E-state index in [9.17, 15) is 0 Å². The van der Waals surface area contributed by atoms with Gasteiger partial charge < -0.3 is 9.47 Å². The molecular weight excluding hydrogens is 82.0 g/mol. The van der Waals surface area contributed by atoms with E-state index in [4.69, 9.17) is 5.26 Å². The van der Waals surface area contributed by atoms with E-state index >= 15 is 0 Å². The highest BCUT2D eigenvalue weighted by molar-refractivity contribution is 4.61. The van der Waals surface area contributed by atoms with Gasteiger partial charge in [-0.1, -0.05) is 0 Å². The van der Waals surface area contributed by atoms with Gasteiger partial charge in [0.1, 0.15) is 6.61 Å². The topological polar surface area (TPSA) is 45.5 Å². The third kappa shape index (κ3) is 0.597. The number of ether oxygens (including phenoxy) is 2. The first-order chi connectivity index (χ1) is 2.93. The minimum Gasteiger partial charge on any atom is -0.393 e. The number of nitrogens with zero attached hydrogens (tertiary/aromatic N) is 1. The molecule has 0 spiro atoms. The van der Waals surface area contributed by atoms with E-state index in [1.165, 1.54) is 6.26 Å². The van der Waals surface area contributed by atoms with Gasteiger partial charge in [-0.2, -0.15) is 5.26 Å². The molecule has 32 valence electrons. The van der Waals surface area contributed by atoms with E-state index in [-0.39, 0.29) is 6.29 Å². The van der Waals surface area contributed by atoms with Crippen LogP contribution in [0.25, 0.3) is 0 Å². The molecule has 0 aliphatic carbocycles. The Morgan fingerprint density at radius 2 is 2.67 bits per heavy atom. The van der Waals surface area contributed by atoms with Crippen LogP contribution in [0.4, 0.5) is 0 Å². The first-order valence-corrected chi connectivity index (χ1v) is 1.60. The molecule has 0 bridgehead atoms. The molecule has 6 heavy (non-hydrogen) atoms. The van der Waals surface area contributed by atoms with Gasteiger partial charge in [0, 0.05) is 0 Å². The highest BCUT2D eigenvalue weighted by Gasteiger charge is 2.23. The molecule has 1 atom stereocenters. The molecule has 1 unspecified atom stereocenters. The Morgan fingerprint density at radius 1 is 2.00 bits per heavy atom. The summed E-state index contributed by atoms with van der Waals surface area (Å²) in [4.78, 5) is 0. The summed E-state index contributed by atoms with van der Waals surface area (Å²) >= 11 is 0. The molecule has 0 aromatic rings. The maximum absolute atomic E-state index is 7.72. The summed E-state index contributed by atoms with van der Waals surface area (Å²) in [6.45, 7) is 0.577. The predicted octanol–water partition coefficient (Wildman–Crippen LogP) is -0.160. The fraction of sp³-hybridized carbons (Fsp3) is 0.667. The van der Waals surface area contributed by atoms with Crippen LogP contribution in [0.2, 0.25) is 0 Å². The number of epoxide rings is 1. The largest absolute Gasteiger partial charge is 0.393 e. The predicted molar refractivity (Wildman–Crippen MR) is 16.4 cm³/mol. The van der Waals surface area contributed by atoms with Gasteiger partial charge in [-0.25, -0.2) is 0 Å². The summed E-state index contributed by atoms with van der Waals surface area (Å²) in [6, 6.07) is 0. The van der Waals surface area contributed by atoms with Crippen LogP contribution in [-0.4, -0.2) is 12.9 Å². The summed E-state index contributed by atoms with van der Waals surface area (Å²) in [6.07, 6.45) is 1.29. The van der Waals surface area contributed by atoms with Crippen molar-refractivity contribution in [1.82, 2.24) is 0 Å². The molecule has 1 saturated heterocycles. The first kappa shape index (κ1) is 3.44. The van der Waals surface area contributed by atoms with Gasteiger partial charge in [0.15, 0.2) is 0 Å². The van der Waals surface area contributed by atoms with Crippen molar-refractivity contribution in [3.05, 3.63) is 0 Å². The smallest absolute Gasteiger partial charge is 0.289 e. The van der Waals surface area contributed by atoms with Gasteiger partial charge in [-0.15, -0.1) is 0 Å². The lowest BCUT2D eigenvalue weighted by molar-refractivity contribution is 0.145. The van der Waals surface area contributed by atoms with E-state index in [0.717, 1.165) is 0 Å². The number of rotatable bonds is 1. The van der Waals surface area contributed by atoms with E-state index in [1.54, 1.807) is 0 Å². The standard InChI is InChI=1S/C3H3NO2/c4-2-6-3-1-5-3/h3H,1H2. The summed E-state index contributed by atoms with van der Waals surface area (Å²) in [7, 11) is 0. The lowest BCUT2D eigenvalue weighted by Gasteiger charge is -1.76. The Bertz CT molecular complexity index is 81.3. The van der Waals surface area contributed by atoms with Crippen LogP contribution in [-0.2, 0) is 9.47 Å². The molecule has 0 saturated carbocycles. The zero-order chi connectivity index (χ0) is 4.41. The second-order valence-electron chi connectivity index (χ2n) is 0.972. The second-order valence-corrected chi connectivity index (χ2v) is 0.972. The first-order valence-electron chi connectivity index (χ1n) is 1.60. The van der Waals surface area contributed by atoms with Crippen LogP contribution >= 0.6 is 0 Å². The van der Waals surface area contributed by atoms with Gasteiger partial charge in [0.25, 0.3) is 6.26 Å². The summed E-state index contributed by atoms with van der Waals surface area (Å²) in [5.41, 5.74) is 0. The summed E-state index contributed by atoms with van der Waals surface area (Å²) in [5, 5.41) is 7.72. The van der Waals surface area contributed by atoms with E-state index in [2.05, 4.69) is 9.47 Å². The molecule has 0 N–H and O–H groups in total. The van der Waals surface area contributed by atoms with Crippen LogP contribution in [0.1, 0.15) is 0 Å². The maximum Gasteiger partial charge on any atom is 0.289 e. The summed E-state index contributed by atoms with van der Waals surface area (Å²) < 4.78 is 8.74. The molecule has 3 heteroatoms. The Hall–Kier alpha value is -0.750. The highest BCUT2D eigenvalue weighted by Crippen LogP contribution is 2.07. The van der Waals surface area contributed by atoms with Crippen LogP contribution in [0.5, 0.6) is 0 Å². The van der Waals surface area contributed by atoms with Crippen molar-refractivity contribution < 1.29 is 9.47 Å². The minimum atomic E-state index is -0.213. The fourth-order valence-electron chi connectivity index (χ4n) is 0.166. The van der Waals surface area contributed by atoms with E-state index in [0.29, 0.717) is 6.61 Å². The highest BCUT2D eigenvalue weighted by atomic mass is 16.8. The van der Waals surface area contributed by atoms with Crippen LogP contribution in [0.3, 0.4) is 0 Å². The molecule has 1 aliphatic heterocycles. The summed E-state index contributed by atoms with van der Waals surface area (Å²) in [5.74, 6) is 0. The van der Waals surface area contributed by atoms with Crippen molar-refractivity contribution >= 4 is 0 Å². The van der Waals surface area contributed by atoms with Gasteiger partial charge in [0.2, 0.25) is 6.29 Å². The van der Waals surface area contributed by atoms with Crippen molar-refractivity contribution in [2.45, 2.75) is 6.29 Å². The lowest BCUT2D eigenvalue weighted by atomic mass is 10.9. The zero-order valence-electron chi connectivity index (χ0n) is 3.05. The van der Waals surface area contributed by atoms with Crippen LogP contribution in [0.15, 0.2) is 0 Å². The van der Waals surface area contributed by atoms with Gasteiger partial charge in [-0.05, 0) is 0 Å². The average Bonchev–Trinajstić information content (AvgIpc) is 2.21. The Balaban J connectivity index is 2.05. The molecular formula is C3H3NO2. The third-order valence-electron chi connectivity index (χ3n) is 0.487. The minimum absolute atomic E-state index is 0.213. The van der Waals surface area contributed by atoms with Gasteiger partial charge in [-0.3, -0.25) is 0 Å². The quantitative estimate of drug-likeness (QED) is 0.328. The number of hydrogen-bond donors (Lipinski definition) is 0. The van der Waals surface area contributed by atoms with Crippen molar-refractivity contribution in [2.24, 2.45) is 0 Å². The Morgan fingerprint density at radius 3 is 2.83 bits per heavy atom. The van der Waals surface area contributed by atoms with Crippen molar-refractivity contribution in [1.29, 1.82) is 5.26 Å². The Kier molecular flexibility index (Phi) is 0.659. The number of nitriles is 1. The lowest BCUT2D eigenvalue weighted by Crippen LogP contribution is -1.82. The average molecular weight is 85.1 g/mol. The van der Waals surface area contributed by atoms with Gasteiger partial charge in [0.05, 0.1) is 0 Å². The van der Waals surface area contributed by atoms with Crippen molar-refractivity contribution in [3.8, 4) is 6.26 Å². The van der Waals surface area contributed by atoms with Gasteiger partial charge >= 0.3 is 0 Å². The third-order valence-corrected chi connectivity index (χ3v) is 0.487. The molecule has 1 fully saturated rings. The molecule has 3 nitrogen and oxygen atoms in total. The second kappa shape index (κ2) is 1.15. The maximum atomic E-state index is 7.72. The Labute approximate surface area is 35.1 Å². The fourth-order valence-corrected chi connectivity index (χ4v) is 0.166. The monoisotopic (exact) mass is 85.0 g/mol. The SMILES string of the molecule is N#COC1CO1. The molecule has 1 rings (SSSR count). The molecule has 1 aliphatic rings. The molecule has 0 aromatic heterocycles. The van der Waals surface area contributed by atoms with E-state index in [1.807, 2.05) is 0 Å². The normalized spacial score (nSPS) is 28.2. The molecule has 0 aromatic carbocycles. The molecule has 1 heterocycles. The van der Waals surface area contributed by atoms with Crippen LogP contribution in [0, 0.1) is 11.5 Å².